The molecule has 9 heteroatoms. The van der Waals surface area contributed by atoms with Crippen molar-refractivity contribution in [2.24, 2.45) is 0 Å². The highest BCUT2D eigenvalue weighted by Crippen LogP contribution is 2.24. The van der Waals surface area contributed by atoms with Crippen molar-refractivity contribution in [1.82, 2.24) is 19.5 Å². The van der Waals surface area contributed by atoms with Crippen molar-refractivity contribution in [2.75, 3.05) is 4.72 Å². The fourth-order valence-electron chi connectivity index (χ4n) is 3.08. The number of anilines is 1. The normalized spacial score (nSPS) is 11.6. The lowest BCUT2D eigenvalue weighted by molar-refractivity contribution is 0.459. The molecule has 168 valence electrons. The summed E-state index contributed by atoms with van der Waals surface area (Å²) in [6, 6.07) is 15.9. The van der Waals surface area contributed by atoms with Crippen LogP contribution in [-0.4, -0.2) is 27.9 Å². The molecule has 0 bridgehead atoms. The van der Waals surface area contributed by atoms with Crippen molar-refractivity contribution in [3.05, 3.63) is 95.2 Å². The Morgan fingerprint density at radius 2 is 1.70 bits per heavy atom. The van der Waals surface area contributed by atoms with Gasteiger partial charge in [-0.05, 0) is 56.7 Å². The molecule has 0 amide bonds. The molecule has 33 heavy (non-hydrogen) atoms. The minimum atomic E-state index is -3.66. The van der Waals surface area contributed by atoms with Crippen molar-refractivity contribution >= 4 is 21.8 Å². The van der Waals surface area contributed by atoms with Gasteiger partial charge in [-0.3, -0.25) is 9.29 Å². The fraction of sp³-hybridized carbons (Fsp3) is 0.125. The highest BCUT2D eigenvalue weighted by Gasteiger charge is 2.09. The molecule has 0 atom stereocenters. The maximum absolute atomic E-state index is 12.4. The van der Waals surface area contributed by atoms with Gasteiger partial charge in [0.1, 0.15) is 23.2 Å². The first-order valence-electron chi connectivity index (χ1n) is 10.2. The first-order chi connectivity index (χ1) is 15.8. The Hall–Kier alpha value is -3.98. The molecule has 0 aliphatic carbocycles. The van der Waals surface area contributed by atoms with Crippen LogP contribution in [0.25, 0.3) is 11.9 Å². The Morgan fingerprint density at radius 1 is 0.970 bits per heavy atom. The summed E-state index contributed by atoms with van der Waals surface area (Å²) in [5, 5.41) is 1.14. The van der Waals surface area contributed by atoms with Crippen molar-refractivity contribution in [3.63, 3.8) is 0 Å². The summed E-state index contributed by atoms with van der Waals surface area (Å²) in [6.07, 6.45) is 5.06. The number of sulfonamides is 1. The molecule has 0 aliphatic heterocycles. The number of hydrogen-bond donors (Lipinski definition) is 1. The Labute approximate surface area is 192 Å². The summed E-state index contributed by atoms with van der Waals surface area (Å²) in [5.74, 6) is 2.89. The van der Waals surface area contributed by atoms with Crippen LogP contribution in [0.3, 0.4) is 0 Å². The molecule has 0 unspecified atom stereocenters. The van der Waals surface area contributed by atoms with Crippen LogP contribution in [0.5, 0.6) is 11.6 Å². The maximum atomic E-state index is 12.4. The molecule has 0 fully saturated rings. The average molecular weight is 462 g/mol. The monoisotopic (exact) mass is 461 g/mol. The van der Waals surface area contributed by atoms with E-state index in [9.17, 15) is 8.42 Å². The van der Waals surface area contributed by atoms with Crippen LogP contribution in [0.1, 0.15) is 22.8 Å². The van der Waals surface area contributed by atoms with Crippen molar-refractivity contribution in [1.29, 1.82) is 0 Å². The van der Waals surface area contributed by atoms with Gasteiger partial charge >= 0.3 is 0 Å². The molecule has 2 aromatic heterocycles. The topological polar surface area (TPSA) is 99.0 Å². The molecule has 0 aliphatic rings. The minimum absolute atomic E-state index is 0.375. The summed E-state index contributed by atoms with van der Waals surface area (Å²) >= 11 is 0. The van der Waals surface area contributed by atoms with E-state index < -0.39 is 10.0 Å². The summed E-state index contributed by atoms with van der Waals surface area (Å²) in [5.41, 5.74) is 2.34. The quantitative estimate of drug-likeness (QED) is 0.425. The van der Waals surface area contributed by atoms with Crippen LogP contribution in [0.2, 0.25) is 0 Å². The van der Waals surface area contributed by atoms with Crippen molar-refractivity contribution in [3.8, 4) is 17.4 Å². The zero-order valence-electron chi connectivity index (χ0n) is 18.4. The molecule has 4 aromatic rings. The highest BCUT2D eigenvalue weighted by atomic mass is 32.2. The van der Waals surface area contributed by atoms with Crippen molar-refractivity contribution < 1.29 is 13.2 Å². The molecule has 0 radical (unpaired) electrons. The minimum Gasteiger partial charge on any atom is -0.439 e. The lowest BCUT2D eigenvalue weighted by atomic mass is 10.2. The van der Waals surface area contributed by atoms with Crippen LogP contribution in [0.15, 0.2) is 72.4 Å². The zero-order chi connectivity index (χ0) is 23.4. The Kier molecular flexibility index (Phi) is 6.23. The van der Waals surface area contributed by atoms with E-state index in [1.807, 2.05) is 48.9 Å². The summed E-state index contributed by atoms with van der Waals surface area (Å²) < 4.78 is 35.0. The van der Waals surface area contributed by atoms with E-state index in [1.54, 1.807) is 49.5 Å². The second-order valence-electron chi connectivity index (χ2n) is 7.44. The van der Waals surface area contributed by atoms with E-state index in [0.29, 0.717) is 29.0 Å². The van der Waals surface area contributed by atoms with Crippen LogP contribution >= 0.6 is 0 Å². The van der Waals surface area contributed by atoms with Gasteiger partial charge in [0.05, 0.1) is 5.41 Å². The zero-order valence-corrected chi connectivity index (χ0v) is 19.2. The molecular formula is C24H23N5O3S. The van der Waals surface area contributed by atoms with Gasteiger partial charge in [-0.2, -0.15) is 4.98 Å². The summed E-state index contributed by atoms with van der Waals surface area (Å²) in [6.45, 7) is 5.64. The number of ether oxygens (including phenoxy) is 1. The second-order valence-corrected chi connectivity index (χ2v) is 9.01. The lowest BCUT2D eigenvalue weighted by Gasteiger charge is -2.10. The van der Waals surface area contributed by atoms with Gasteiger partial charge in [0.25, 0.3) is 10.0 Å². The number of hydrogen-bond acceptors (Lipinski definition) is 6. The smallest absolute Gasteiger partial charge is 0.255 e. The largest absolute Gasteiger partial charge is 0.439 e. The highest BCUT2D eigenvalue weighted by molar-refractivity contribution is 7.95. The number of imidazole rings is 1. The molecular weight excluding hydrogens is 438 g/mol. The van der Waals surface area contributed by atoms with Gasteiger partial charge in [0.15, 0.2) is 0 Å². The predicted molar refractivity (Wildman–Crippen MR) is 128 cm³/mol. The van der Waals surface area contributed by atoms with Crippen LogP contribution in [0.4, 0.5) is 5.69 Å². The van der Waals surface area contributed by atoms with E-state index >= 15 is 0 Å². The molecule has 0 spiro atoms. The predicted octanol–water partition coefficient (Wildman–Crippen LogP) is 4.79. The maximum Gasteiger partial charge on any atom is 0.255 e. The van der Waals surface area contributed by atoms with E-state index in [4.69, 9.17) is 4.74 Å². The molecule has 2 heterocycles. The van der Waals surface area contributed by atoms with Crippen LogP contribution in [-0.2, 0) is 10.0 Å². The first-order valence-corrected chi connectivity index (χ1v) is 11.7. The average Bonchev–Trinajstić information content (AvgIpc) is 3.20. The van der Waals surface area contributed by atoms with Gasteiger partial charge in [-0.15, -0.1) is 0 Å². The third-order valence-corrected chi connectivity index (χ3v) is 5.74. The van der Waals surface area contributed by atoms with Gasteiger partial charge < -0.3 is 4.74 Å². The number of rotatable bonds is 7. The number of benzene rings is 2. The summed E-state index contributed by atoms with van der Waals surface area (Å²) in [4.78, 5) is 13.0. The SMILES string of the molecule is Cc1ccc(/C=C/S(=O)(=O)Nc2ccc(Oc3cc(-n4ccnc4C)nc(C)n3)cc2)cc1. The Bertz CT molecular complexity index is 1390. The van der Waals surface area contributed by atoms with Crippen molar-refractivity contribution in [2.45, 2.75) is 20.8 Å². The van der Waals surface area contributed by atoms with E-state index in [1.165, 1.54) is 0 Å². The van der Waals surface area contributed by atoms with Gasteiger partial charge in [-0.25, -0.2) is 18.4 Å². The van der Waals surface area contributed by atoms with Gasteiger partial charge in [0, 0.05) is 24.1 Å². The van der Waals surface area contributed by atoms with Gasteiger partial charge in [0.2, 0.25) is 5.88 Å². The third kappa shape index (κ3) is 5.83. The van der Waals surface area contributed by atoms with Crippen LogP contribution < -0.4 is 9.46 Å². The lowest BCUT2D eigenvalue weighted by Crippen LogP contribution is -2.08. The number of nitrogens with one attached hydrogen (secondary N) is 1. The number of nitrogens with zero attached hydrogens (tertiary/aromatic N) is 4. The second kappa shape index (κ2) is 9.25. The van der Waals surface area contributed by atoms with E-state index in [0.717, 1.165) is 22.4 Å². The van der Waals surface area contributed by atoms with Crippen LogP contribution in [0, 0.1) is 20.8 Å². The summed E-state index contributed by atoms with van der Waals surface area (Å²) in [7, 11) is -3.66. The van der Waals surface area contributed by atoms with E-state index in [2.05, 4.69) is 19.7 Å². The molecule has 0 saturated heterocycles. The molecule has 2 aromatic carbocycles. The Morgan fingerprint density at radius 3 is 2.36 bits per heavy atom. The van der Waals surface area contributed by atoms with E-state index in [-0.39, 0.29) is 0 Å². The standard InChI is InChI=1S/C24H23N5O3S/c1-17-4-6-20(7-5-17)12-15-33(30,31)28-21-8-10-22(11-9-21)32-24-16-23(26-18(2)27-24)29-14-13-25-19(29)3/h4-16,28H,1-3H3/b15-12+. The molecule has 8 nitrogen and oxygen atoms in total. The molecule has 1 N–H and O–H groups in total. The molecule has 0 saturated carbocycles. The fourth-order valence-corrected chi connectivity index (χ4v) is 3.95. The third-order valence-electron chi connectivity index (χ3n) is 4.73. The Balaban J connectivity index is 1.45. The first kappa shape index (κ1) is 22.2. The number of aromatic nitrogens is 4. The van der Waals surface area contributed by atoms with Gasteiger partial charge in [-0.1, -0.05) is 29.8 Å². The number of aryl methyl sites for hydroxylation is 3. The molecule has 4 rings (SSSR count).